The highest BCUT2D eigenvalue weighted by Gasteiger charge is 1.86. The van der Waals surface area contributed by atoms with E-state index in [1.807, 2.05) is 13.8 Å². The summed E-state index contributed by atoms with van der Waals surface area (Å²) in [6.07, 6.45) is 4.93. The first kappa shape index (κ1) is 6.52. The van der Waals surface area contributed by atoms with Crippen LogP contribution in [0.2, 0.25) is 0 Å². The molecule has 0 unspecified atom stereocenters. The molecular weight excluding hydrogens is 86.1 g/mol. The molecule has 0 rings (SSSR count). The van der Waals surface area contributed by atoms with E-state index in [9.17, 15) is 0 Å². The fourth-order valence-electron chi connectivity index (χ4n) is 0.235. The summed E-state index contributed by atoms with van der Waals surface area (Å²) in [6, 6.07) is 0.385. The van der Waals surface area contributed by atoms with Crippen LogP contribution in [0.1, 0.15) is 13.8 Å². The lowest BCUT2D eigenvalue weighted by atomic mass is 10.4. The average molecular weight is 96.2 g/mol. The number of nitrogens with zero attached hydrogens (tertiary/aromatic N) is 1. The second-order valence-electron chi connectivity index (χ2n) is 1.64. The van der Waals surface area contributed by atoms with Gasteiger partial charge in [0, 0.05) is 6.04 Å². The summed E-state index contributed by atoms with van der Waals surface area (Å²) < 4.78 is 0. The molecule has 7 heavy (non-hydrogen) atoms. The van der Waals surface area contributed by atoms with Gasteiger partial charge < -0.3 is 0 Å². The maximum atomic E-state index is 4.93. The second-order valence-corrected chi connectivity index (χ2v) is 1.64. The molecular formula is C6H10N. The normalized spacial score (nSPS) is 8.86. The van der Waals surface area contributed by atoms with Crippen molar-refractivity contribution >= 4 is 0 Å². The second kappa shape index (κ2) is 3.70. The van der Waals surface area contributed by atoms with E-state index in [-0.39, 0.29) is 0 Å². The third-order valence-corrected chi connectivity index (χ3v) is 0.548. The molecule has 0 aromatic carbocycles. The van der Waals surface area contributed by atoms with Gasteiger partial charge in [0.15, 0.2) is 0 Å². The van der Waals surface area contributed by atoms with E-state index >= 15 is 0 Å². The van der Waals surface area contributed by atoms with Gasteiger partial charge in [0.25, 0.3) is 0 Å². The van der Waals surface area contributed by atoms with Crippen LogP contribution in [0.4, 0.5) is 0 Å². The predicted molar refractivity (Wildman–Crippen MR) is 31.0 cm³/mol. The van der Waals surface area contributed by atoms with Crippen LogP contribution in [0.3, 0.4) is 0 Å². The van der Waals surface area contributed by atoms with Crippen molar-refractivity contribution in [1.82, 2.24) is 5.32 Å². The van der Waals surface area contributed by atoms with Crippen LogP contribution >= 0.6 is 0 Å². The zero-order valence-electron chi connectivity index (χ0n) is 4.81. The minimum absolute atomic E-state index is 0.385. The van der Waals surface area contributed by atoms with Crippen molar-refractivity contribution in [1.29, 1.82) is 0 Å². The van der Waals surface area contributed by atoms with Crippen LogP contribution in [0.25, 0.3) is 0 Å². The minimum atomic E-state index is 0.385. The van der Waals surface area contributed by atoms with Gasteiger partial charge in [-0.15, -0.1) is 6.42 Å². The van der Waals surface area contributed by atoms with Crippen molar-refractivity contribution in [2.45, 2.75) is 19.9 Å². The quantitative estimate of drug-likeness (QED) is 0.448. The minimum Gasteiger partial charge on any atom is -0.226 e. The Kier molecular flexibility index (Phi) is 3.45. The van der Waals surface area contributed by atoms with Crippen LogP contribution in [0.15, 0.2) is 0 Å². The average Bonchev–Trinajstić information content (AvgIpc) is 1.61. The highest BCUT2D eigenvalue weighted by atomic mass is 14.9. The fourth-order valence-corrected chi connectivity index (χ4v) is 0.235. The third kappa shape index (κ3) is 5.52. The summed E-state index contributed by atoms with van der Waals surface area (Å²) in [7, 11) is 0. The van der Waals surface area contributed by atoms with Crippen LogP contribution in [-0.2, 0) is 0 Å². The highest BCUT2D eigenvalue weighted by molar-refractivity contribution is 4.86. The Morgan fingerprint density at radius 3 is 2.43 bits per heavy atom. The molecule has 1 radical (unpaired) electrons. The van der Waals surface area contributed by atoms with Crippen molar-refractivity contribution in [2.75, 3.05) is 6.54 Å². The summed E-state index contributed by atoms with van der Waals surface area (Å²) in [4.78, 5) is 0. The predicted octanol–water partition coefficient (Wildman–Crippen LogP) is 0.632. The molecule has 0 saturated carbocycles. The van der Waals surface area contributed by atoms with E-state index < -0.39 is 0 Å². The lowest BCUT2D eigenvalue weighted by Crippen LogP contribution is -2.13. The van der Waals surface area contributed by atoms with Gasteiger partial charge in [0.05, 0.1) is 6.54 Å². The smallest absolute Gasteiger partial charge is 0.0745 e. The molecule has 0 N–H and O–H groups in total. The van der Waals surface area contributed by atoms with Crippen LogP contribution in [-0.4, -0.2) is 12.6 Å². The van der Waals surface area contributed by atoms with E-state index in [2.05, 4.69) is 11.2 Å². The van der Waals surface area contributed by atoms with E-state index in [1.165, 1.54) is 0 Å². The molecule has 0 aliphatic rings. The first-order chi connectivity index (χ1) is 3.27. The van der Waals surface area contributed by atoms with Gasteiger partial charge in [0.1, 0.15) is 0 Å². The molecule has 0 amide bonds. The first-order valence-electron chi connectivity index (χ1n) is 2.37. The summed E-state index contributed by atoms with van der Waals surface area (Å²) >= 11 is 0. The van der Waals surface area contributed by atoms with Gasteiger partial charge in [-0.05, 0) is 13.8 Å². The molecule has 0 heterocycles. The molecule has 39 valence electrons. The number of terminal acetylenes is 1. The van der Waals surface area contributed by atoms with Crippen molar-refractivity contribution < 1.29 is 0 Å². The molecule has 0 fully saturated rings. The van der Waals surface area contributed by atoms with Crippen molar-refractivity contribution in [2.24, 2.45) is 0 Å². The topological polar surface area (TPSA) is 14.1 Å². The van der Waals surface area contributed by atoms with Crippen molar-refractivity contribution in [3.63, 3.8) is 0 Å². The number of hydrogen-bond acceptors (Lipinski definition) is 0. The van der Waals surface area contributed by atoms with Gasteiger partial charge in [-0.3, -0.25) is 0 Å². The van der Waals surface area contributed by atoms with Gasteiger partial charge in [0.2, 0.25) is 0 Å². The van der Waals surface area contributed by atoms with Crippen LogP contribution < -0.4 is 5.32 Å². The first-order valence-corrected chi connectivity index (χ1v) is 2.37. The Morgan fingerprint density at radius 1 is 1.71 bits per heavy atom. The summed E-state index contributed by atoms with van der Waals surface area (Å²) in [5, 5.41) is 4.01. The summed E-state index contributed by atoms with van der Waals surface area (Å²) in [5.41, 5.74) is 0. The molecule has 1 nitrogen and oxygen atoms in total. The van der Waals surface area contributed by atoms with Crippen LogP contribution in [0, 0.1) is 12.3 Å². The zero-order chi connectivity index (χ0) is 5.70. The maximum Gasteiger partial charge on any atom is 0.0745 e. The lowest BCUT2D eigenvalue weighted by molar-refractivity contribution is 0.625. The van der Waals surface area contributed by atoms with Gasteiger partial charge in [-0.1, -0.05) is 5.92 Å². The van der Waals surface area contributed by atoms with E-state index in [0.717, 1.165) is 0 Å². The molecule has 0 aliphatic carbocycles. The Bertz CT molecular complexity index is 68.7. The number of hydrogen-bond donors (Lipinski definition) is 0. The highest BCUT2D eigenvalue weighted by Crippen LogP contribution is 1.74. The lowest BCUT2D eigenvalue weighted by Gasteiger charge is -1.97. The summed E-state index contributed by atoms with van der Waals surface area (Å²) in [5.74, 6) is 2.43. The molecule has 0 saturated heterocycles. The zero-order valence-corrected chi connectivity index (χ0v) is 4.81. The maximum absolute atomic E-state index is 4.93. The van der Waals surface area contributed by atoms with Crippen molar-refractivity contribution in [3.8, 4) is 12.3 Å². The molecule has 1 heteroatoms. The van der Waals surface area contributed by atoms with E-state index in [1.54, 1.807) is 0 Å². The number of rotatable bonds is 2. The van der Waals surface area contributed by atoms with Crippen LogP contribution in [0.5, 0.6) is 0 Å². The monoisotopic (exact) mass is 96.1 g/mol. The Balaban J connectivity index is 2.86. The SMILES string of the molecule is C#CC[N]C(C)C. The molecule has 0 aromatic rings. The van der Waals surface area contributed by atoms with Crippen molar-refractivity contribution in [3.05, 3.63) is 0 Å². The molecule has 0 aromatic heterocycles. The standard InChI is InChI=1S/C6H10N/c1-4-5-7-6(2)3/h1,6H,5H2,2-3H3. The Hall–Kier alpha value is -0.480. The molecule has 0 spiro atoms. The van der Waals surface area contributed by atoms with E-state index in [4.69, 9.17) is 6.42 Å². The third-order valence-electron chi connectivity index (χ3n) is 0.548. The van der Waals surface area contributed by atoms with Gasteiger partial charge in [-0.25, -0.2) is 5.32 Å². The Labute approximate surface area is 45.1 Å². The molecule has 0 bridgehead atoms. The fraction of sp³-hybridized carbons (Fsp3) is 0.667. The molecule has 0 aliphatic heterocycles. The Morgan fingerprint density at radius 2 is 2.29 bits per heavy atom. The van der Waals surface area contributed by atoms with Gasteiger partial charge >= 0.3 is 0 Å². The largest absolute Gasteiger partial charge is 0.226 e. The summed E-state index contributed by atoms with van der Waals surface area (Å²) in [6.45, 7) is 4.58. The molecule has 0 atom stereocenters. The van der Waals surface area contributed by atoms with E-state index in [0.29, 0.717) is 12.6 Å². The van der Waals surface area contributed by atoms with Gasteiger partial charge in [-0.2, -0.15) is 0 Å².